The number of phenols is 1. The van der Waals surface area contributed by atoms with Crippen molar-refractivity contribution in [3.63, 3.8) is 0 Å². The van der Waals surface area contributed by atoms with Gasteiger partial charge in [0.05, 0.1) is 11.8 Å². The molecule has 0 fully saturated rings. The molecular formula is C19H15N3O3S. The van der Waals surface area contributed by atoms with Gasteiger partial charge < -0.3 is 15.5 Å². The number of benzene rings is 3. The van der Waals surface area contributed by atoms with Crippen LogP contribution in [0.3, 0.4) is 0 Å². The molecule has 3 rings (SSSR count). The Morgan fingerprint density at radius 2 is 1.85 bits per heavy atom. The van der Waals surface area contributed by atoms with Gasteiger partial charge in [-0.25, -0.2) is 4.79 Å². The quantitative estimate of drug-likeness (QED) is 0.321. The van der Waals surface area contributed by atoms with Crippen LogP contribution in [0.15, 0.2) is 65.8 Å². The number of carboxylic acids is 1. The van der Waals surface area contributed by atoms with E-state index in [4.69, 9.17) is 17.3 Å². The molecule has 0 aromatic heterocycles. The van der Waals surface area contributed by atoms with E-state index in [-0.39, 0.29) is 11.3 Å². The first-order chi connectivity index (χ1) is 12.5. The smallest absolute Gasteiger partial charge is 0.335 e. The van der Waals surface area contributed by atoms with Gasteiger partial charge in [0.1, 0.15) is 5.75 Å². The third kappa shape index (κ3) is 3.96. The fraction of sp³-hybridized carbons (Fsp3) is 0. The number of carboxylic acid groups (broad SMARTS) is 1. The Balaban J connectivity index is 1.67. The number of rotatable bonds is 4. The van der Waals surface area contributed by atoms with Crippen molar-refractivity contribution in [1.82, 2.24) is 5.43 Å². The third-order valence-corrected chi connectivity index (χ3v) is 3.88. The van der Waals surface area contributed by atoms with E-state index in [1.165, 1.54) is 18.3 Å². The molecule has 26 heavy (non-hydrogen) atoms. The van der Waals surface area contributed by atoms with Gasteiger partial charge in [-0.3, -0.25) is 5.43 Å². The van der Waals surface area contributed by atoms with E-state index in [0.29, 0.717) is 10.7 Å². The number of nitrogens with one attached hydrogen (secondary N) is 2. The Hall–Kier alpha value is -3.45. The monoisotopic (exact) mass is 365 g/mol. The highest BCUT2D eigenvalue weighted by Crippen LogP contribution is 2.22. The Morgan fingerprint density at radius 1 is 1.08 bits per heavy atom. The average Bonchev–Trinajstić information content (AvgIpc) is 2.63. The second kappa shape index (κ2) is 7.62. The number of hydrazone groups is 1. The lowest BCUT2D eigenvalue weighted by atomic mass is 10.1. The van der Waals surface area contributed by atoms with Crippen molar-refractivity contribution in [2.24, 2.45) is 5.10 Å². The number of carbonyl (C=O) groups is 1. The molecule has 3 aromatic carbocycles. The molecule has 0 heterocycles. The number of phenolic OH excluding ortho intramolecular Hbond substituents is 1. The largest absolute Gasteiger partial charge is 0.507 e. The van der Waals surface area contributed by atoms with Gasteiger partial charge >= 0.3 is 5.97 Å². The van der Waals surface area contributed by atoms with Crippen molar-refractivity contribution in [1.29, 1.82) is 0 Å². The minimum absolute atomic E-state index is 0.000697. The van der Waals surface area contributed by atoms with Crippen molar-refractivity contribution in [2.45, 2.75) is 0 Å². The van der Waals surface area contributed by atoms with Crippen molar-refractivity contribution in [3.05, 3.63) is 71.8 Å². The molecule has 0 unspecified atom stereocenters. The van der Waals surface area contributed by atoms with Gasteiger partial charge in [-0.05, 0) is 41.9 Å². The predicted molar refractivity (Wildman–Crippen MR) is 106 cm³/mol. The number of fused-ring (bicyclic) bond motifs is 1. The molecular weight excluding hydrogens is 350 g/mol. The summed E-state index contributed by atoms with van der Waals surface area (Å²) in [5, 5.41) is 28.2. The molecule has 0 aliphatic heterocycles. The summed E-state index contributed by atoms with van der Waals surface area (Å²) in [4.78, 5) is 10.9. The number of nitrogens with zero attached hydrogens (tertiary/aromatic N) is 1. The maximum Gasteiger partial charge on any atom is 0.335 e. The normalized spacial score (nSPS) is 10.8. The minimum atomic E-state index is -1.11. The van der Waals surface area contributed by atoms with E-state index in [2.05, 4.69) is 15.8 Å². The summed E-state index contributed by atoms with van der Waals surface area (Å²) in [6, 6.07) is 17.8. The van der Waals surface area contributed by atoms with Crippen LogP contribution in [-0.2, 0) is 0 Å². The van der Waals surface area contributed by atoms with Gasteiger partial charge in [-0.15, -0.1) is 0 Å². The van der Waals surface area contributed by atoms with Crippen LogP contribution in [0.4, 0.5) is 5.69 Å². The zero-order valence-electron chi connectivity index (χ0n) is 13.5. The highest BCUT2D eigenvalue weighted by atomic mass is 32.1. The van der Waals surface area contributed by atoms with Gasteiger partial charge in [0.25, 0.3) is 0 Å². The Kier molecular flexibility index (Phi) is 5.09. The first-order valence-electron chi connectivity index (χ1n) is 7.69. The molecule has 0 spiro atoms. The second-order valence-corrected chi connectivity index (χ2v) is 5.84. The van der Waals surface area contributed by atoms with Crippen LogP contribution in [0.1, 0.15) is 15.9 Å². The van der Waals surface area contributed by atoms with E-state index in [1.54, 1.807) is 0 Å². The first-order valence-corrected chi connectivity index (χ1v) is 8.09. The molecule has 6 nitrogen and oxygen atoms in total. The van der Waals surface area contributed by atoms with E-state index >= 15 is 0 Å². The maximum atomic E-state index is 10.9. The topological polar surface area (TPSA) is 94.0 Å². The molecule has 0 aliphatic rings. The van der Waals surface area contributed by atoms with Crippen LogP contribution in [0.2, 0.25) is 0 Å². The summed E-state index contributed by atoms with van der Waals surface area (Å²) in [5.41, 5.74) is 3.89. The average molecular weight is 365 g/mol. The molecule has 0 saturated heterocycles. The number of aromatic carboxylic acids is 1. The summed E-state index contributed by atoms with van der Waals surface area (Å²) in [6.07, 6.45) is 1.36. The molecule has 0 saturated carbocycles. The van der Waals surface area contributed by atoms with Crippen LogP contribution >= 0.6 is 12.2 Å². The fourth-order valence-corrected chi connectivity index (χ4v) is 2.59. The Bertz CT molecular complexity index is 1010. The first kappa shape index (κ1) is 17.4. The fourth-order valence-electron chi connectivity index (χ4n) is 2.43. The highest BCUT2D eigenvalue weighted by molar-refractivity contribution is 7.80. The molecule has 4 N–H and O–H groups in total. The van der Waals surface area contributed by atoms with E-state index in [1.807, 2.05) is 42.5 Å². The van der Waals surface area contributed by atoms with Gasteiger partial charge in [0.2, 0.25) is 0 Å². The van der Waals surface area contributed by atoms with Crippen LogP contribution < -0.4 is 10.7 Å². The maximum absolute atomic E-state index is 10.9. The van der Waals surface area contributed by atoms with Gasteiger partial charge in [-0.2, -0.15) is 5.10 Å². The number of hydrogen-bond donors (Lipinski definition) is 4. The number of anilines is 1. The van der Waals surface area contributed by atoms with Crippen molar-refractivity contribution < 1.29 is 15.0 Å². The zero-order chi connectivity index (χ0) is 18.5. The number of thiocarbonyl (C=S) groups is 1. The van der Waals surface area contributed by atoms with E-state index in [9.17, 15) is 9.90 Å². The summed E-state index contributed by atoms with van der Waals surface area (Å²) in [7, 11) is 0. The summed E-state index contributed by atoms with van der Waals surface area (Å²) < 4.78 is 0. The van der Waals surface area contributed by atoms with Crippen LogP contribution in [0.5, 0.6) is 5.75 Å². The zero-order valence-corrected chi connectivity index (χ0v) is 14.3. The summed E-state index contributed by atoms with van der Waals surface area (Å²) >= 11 is 5.23. The van der Waals surface area contributed by atoms with Gasteiger partial charge in [0, 0.05) is 16.6 Å². The lowest BCUT2D eigenvalue weighted by Gasteiger charge is -2.10. The van der Waals surface area contributed by atoms with Crippen LogP contribution in [0, 0.1) is 0 Å². The number of hydrogen-bond acceptors (Lipinski definition) is 4. The summed E-state index contributed by atoms with van der Waals surface area (Å²) in [5.74, 6) is -1.29. The Morgan fingerprint density at radius 3 is 2.62 bits per heavy atom. The lowest BCUT2D eigenvalue weighted by molar-refractivity contribution is 0.0696. The molecule has 0 bridgehead atoms. The highest BCUT2D eigenvalue weighted by Gasteiger charge is 2.06. The number of aromatic hydroxyl groups is 1. The van der Waals surface area contributed by atoms with E-state index in [0.717, 1.165) is 22.5 Å². The molecule has 3 aromatic rings. The van der Waals surface area contributed by atoms with Crippen LogP contribution in [0.25, 0.3) is 10.8 Å². The molecule has 0 amide bonds. The lowest BCUT2D eigenvalue weighted by Crippen LogP contribution is -2.23. The molecule has 0 aliphatic carbocycles. The SMILES string of the molecule is O=C(O)c1ccc(C=NNC(=S)Nc2cccc3ccccc23)c(O)c1. The standard InChI is InChI=1S/C19H15N3O3S/c23-17-10-13(18(24)25)8-9-14(17)11-20-22-19(26)21-16-7-3-5-12-4-1-2-6-15(12)16/h1-11,23H,(H,24,25)(H2,21,22,26). The molecule has 0 atom stereocenters. The van der Waals surface area contributed by atoms with Crippen molar-refractivity contribution >= 4 is 46.0 Å². The van der Waals surface area contributed by atoms with Crippen molar-refractivity contribution in [2.75, 3.05) is 5.32 Å². The van der Waals surface area contributed by atoms with Gasteiger partial charge in [0.15, 0.2) is 5.11 Å². The Labute approximate surface area is 154 Å². The minimum Gasteiger partial charge on any atom is -0.507 e. The van der Waals surface area contributed by atoms with Crippen molar-refractivity contribution in [3.8, 4) is 5.75 Å². The third-order valence-electron chi connectivity index (χ3n) is 3.68. The molecule has 130 valence electrons. The molecule has 7 heteroatoms. The van der Waals surface area contributed by atoms with Crippen LogP contribution in [-0.4, -0.2) is 27.5 Å². The predicted octanol–water partition coefficient (Wildman–Crippen LogP) is 3.56. The molecule has 0 radical (unpaired) electrons. The summed E-state index contributed by atoms with van der Waals surface area (Å²) in [6.45, 7) is 0. The second-order valence-electron chi connectivity index (χ2n) is 5.43. The van der Waals surface area contributed by atoms with Gasteiger partial charge in [-0.1, -0.05) is 36.4 Å². The van der Waals surface area contributed by atoms with E-state index < -0.39 is 5.97 Å².